The predicted octanol–water partition coefficient (Wildman–Crippen LogP) is 5.00. The van der Waals surface area contributed by atoms with Crippen molar-refractivity contribution in [3.8, 4) is 23.3 Å². The molecule has 0 radical (unpaired) electrons. The number of carbonyl (C=O) groups excluding carboxylic acids is 2. The molecule has 4 rings (SSSR count). The maximum absolute atomic E-state index is 13.1. The summed E-state index contributed by atoms with van der Waals surface area (Å²) in [5.41, 5.74) is 1.94. The number of benzene rings is 2. The number of hydrogen-bond acceptors (Lipinski definition) is 7. The van der Waals surface area contributed by atoms with Crippen LogP contribution >= 0.6 is 0 Å². The number of carbonyl (C=O) groups is 2. The molecule has 0 aliphatic carbocycles. The Bertz CT molecular complexity index is 1360. The first-order valence-electron chi connectivity index (χ1n) is 11.1. The minimum Gasteiger partial charge on any atom is -0.494 e. The molecule has 2 aromatic carbocycles. The summed E-state index contributed by atoms with van der Waals surface area (Å²) in [6.45, 7) is 2.10. The second-order valence-electron chi connectivity index (χ2n) is 7.51. The second kappa shape index (κ2) is 11.0. The van der Waals surface area contributed by atoms with E-state index in [0.29, 0.717) is 40.4 Å². The van der Waals surface area contributed by atoms with Gasteiger partial charge in [0.25, 0.3) is 5.91 Å². The van der Waals surface area contributed by atoms with Gasteiger partial charge in [0.15, 0.2) is 12.4 Å². The fourth-order valence-electron chi connectivity index (χ4n) is 3.63. The van der Waals surface area contributed by atoms with E-state index in [0.717, 1.165) is 0 Å². The van der Waals surface area contributed by atoms with Crippen LogP contribution in [0.1, 0.15) is 23.7 Å². The molecular weight excluding hydrogens is 446 g/mol. The van der Waals surface area contributed by atoms with Crippen molar-refractivity contribution in [2.75, 3.05) is 24.7 Å². The number of para-hydroxylation sites is 1. The number of amides is 1. The van der Waals surface area contributed by atoms with E-state index in [2.05, 4.69) is 4.98 Å². The first-order valence-corrected chi connectivity index (χ1v) is 11.1. The van der Waals surface area contributed by atoms with Gasteiger partial charge in [-0.15, -0.1) is 0 Å². The van der Waals surface area contributed by atoms with Gasteiger partial charge < -0.3 is 18.8 Å². The van der Waals surface area contributed by atoms with Crippen LogP contribution in [0.2, 0.25) is 0 Å². The van der Waals surface area contributed by atoms with Gasteiger partial charge in [0.1, 0.15) is 11.4 Å². The smallest absolute Gasteiger partial charge is 0.339 e. The molecular formula is C27H23N3O5. The average Bonchev–Trinajstić information content (AvgIpc) is 3.43. The third kappa shape index (κ3) is 5.47. The topological polar surface area (TPSA) is 106 Å². The third-order valence-electron chi connectivity index (χ3n) is 5.24. The monoisotopic (exact) mass is 469 g/mol. The summed E-state index contributed by atoms with van der Waals surface area (Å²) >= 11 is 0. The fraction of sp³-hybridized carbons (Fsp3) is 0.185. The number of anilines is 1. The number of esters is 1. The lowest BCUT2D eigenvalue weighted by Gasteiger charge is -2.22. The van der Waals surface area contributed by atoms with E-state index in [4.69, 9.17) is 19.2 Å². The van der Waals surface area contributed by atoms with Crippen molar-refractivity contribution >= 4 is 28.5 Å². The Morgan fingerprint density at radius 1 is 1.09 bits per heavy atom. The molecule has 2 aromatic heterocycles. The van der Waals surface area contributed by atoms with Gasteiger partial charge in [-0.3, -0.25) is 4.79 Å². The third-order valence-corrected chi connectivity index (χ3v) is 5.24. The number of ether oxygens (including phenoxy) is 2. The van der Waals surface area contributed by atoms with Crippen LogP contribution in [0.15, 0.2) is 77.4 Å². The van der Waals surface area contributed by atoms with Crippen LogP contribution in [0, 0.1) is 11.3 Å². The molecule has 0 atom stereocenters. The zero-order valence-corrected chi connectivity index (χ0v) is 19.1. The largest absolute Gasteiger partial charge is 0.494 e. The van der Waals surface area contributed by atoms with E-state index in [9.17, 15) is 9.59 Å². The Kier molecular flexibility index (Phi) is 7.38. The van der Waals surface area contributed by atoms with Crippen molar-refractivity contribution in [2.45, 2.75) is 13.3 Å². The standard InChI is InChI=1S/C27H23N3O5/c1-2-33-20-12-10-19(11-13-20)30(15-6-14-28)26(31)18-35-27(32)22-17-24(25-9-5-16-34-25)29-23-8-4-3-7-21(22)23/h3-5,7-13,16-17H,2,6,15,18H2,1H3. The van der Waals surface area contributed by atoms with Crippen LogP contribution in [-0.4, -0.2) is 36.6 Å². The number of fused-ring (bicyclic) bond motifs is 1. The minimum absolute atomic E-state index is 0.133. The van der Waals surface area contributed by atoms with Gasteiger partial charge in [0, 0.05) is 17.6 Å². The summed E-state index contributed by atoms with van der Waals surface area (Å²) in [5, 5.41) is 9.63. The van der Waals surface area contributed by atoms with Crippen LogP contribution in [-0.2, 0) is 9.53 Å². The average molecular weight is 469 g/mol. The zero-order valence-electron chi connectivity index (χ0n) is 19.1. The molecule has 0 saturated heterocycles. The molecule has 0 aliphatic rings. The molecule has 2 heterocycles. The molecule has 0 aliphatic heterocycles. The summed E-state index contributed by atoms with van der Waals surface area (Å²) in [4.78, 5) is 32.0. The Hall–Kier alpha value is -4.64. The van der Waals surface area contributed by atoms with E-state index in [1.54, 1.807) is 60.7 Å². The number of nitriles is 1. The van der Waals surface area contributed by atoms with Crippen LogP contribution < -0.4 is 9.64 Å². The summed E-state index contributed by atoms with van der Waals surface area (Å²) in [6, 6.07) is 21.3. The molecule has 35 heavy (non-hydrogen) atoms. The lowest BCUT2D eigenvalue weighted by molar-refractivity contribution is -0.121. The number of rotatable bonds is 9. The van der Waals surface area contributed by atoms with Crippen molar-refractivity contribution in [3.63, 3.8) is 0 Å². The highest BCUT2D eigenvalue weighted by Crippen LogP contribution is 2.26. The van der Waals surface area contributed by atoms with E-state index in [-0.39, 0.29) is 18.5 Å². The highest BCUT2D eigenvalue weighted by Gasteiger charge is 2.21. The van der Waals surface area contributed by atoms with Crippen molar-refractivity contribution in [2.24, 2.45) is 0 Å². The van der Waals surface area contributed by atoms with Crippen molar-refractivity contribution < 1.29 is 23.5 Å². The summed E-state index contributed by atoms with van der Waals surface area (Å²) < 4.78 is 16.3. The van der Waals surface area contributed by atoms with Crippen LogP contribution in [0.4, 0.5) is 5.69 Å². The van der Waals surface area contributed by atoms with Gasteiger partial charge in [0.05, 0.1) is 36.4 Å². The zero-order chi connectivity index (χ0) is 24.6. The van der Waals surface area contributed by atoms with E-state index >= 15 is 0 Å². The maximum Gasteiger partial charge on any atom is 0.339 e. The van der Waals surface area contributed by atoms with Crippen molar-refractivity contribution in [3.05, 3.63) is 78.6 Å². The lowest BCUT2D eigenvalue weighted by atomic mass is 10.1. The number of furan rings is 1. The fourth-order valence-corrected chi connectivity index (χ4v) is 3.63. The number of pyridine rings is 1. The van der Waals surface area contributed by atoms with E-state index in [1.165, 1.54) is 11.2 Å². The van der Waals surface area contributed by atoms with E-state index < -0.39 is 18.5 Å². The SMILES string of the molecule is CCOc1ccc(N(CCC#N)C(=O)COC(=O)c2cc(-c3ccco3)nc3ccccc23)cc1. The molecule has 0 N–H and O–H groups in total. The summed E-state index contributed by atoms with van der Waals surface area (Å²) in [5.74, 6) is 0.0883. The molecule has 0 unspecified atom stereocenters. The molecule has 8 nitrogen and oxygen atoms in total. The van der Waals surface area contributed by atoms with Gasteiger partial charge in [-0.25, -0.2) is 9.78 Å². The predicted molar refractivity (Wildman–Crippen MR) is 130 cm³/mol. The normalized spacial score (nSPS) is 10.5. The number of hydrogen-bond donors (Lipinski definition) is 0. The lowest BCUT2D eigenvalue weighted by Crippen LogP contribution is -2.35. The summed E-state index contributed by atoms with van der Waals surface area (Å²) in [7, 11) is 0. The van der Waals surface area contributed by atoms with Crippen molar-refractivity contribution in [1.82, 2.24) is 4.98 Å². The molecule has 0 saturated carbocycles. The van der Waals surface area contributed by atoms with Crippen molar-refractivity contribution in [1.29, 1.82) is 5.26 Å². The Balaban J connectivity index is 1.54. The number of aromatic nitrogens is 1. The Labute approximate surface area is 202 Å². The Morgan fingerprint density at radius 2 is 1.89 bits per heavy atom. The molecule has 4 aromatic rings. The molecule has 0 fully saturated rings. The Morgan fingerprint density at radius 3 is 2.60 bits per heavy atom. The van der Waals surface area contributed by atoms with Gasteiger partial charge >= 0.3 is 5.97 Å². The second-order valence-corrected chi connectivity index (χ2v) is 7.51. The highest BCUT2D eigenvalue weighted by molar-refractivity contribution is 6.05. The van der Waals surface area contributed by atoms with Gasteiger partial charge in [-0.2, -0.15) is 5.26 Å². The minimum atomic E-state index is -0.656. The van der Waals surface area contributed by atoms with Gasteiger partial charge in [0.2, 0.25) is 0 Å². The molecule has 8 heteroatoms. The molecule has 1 amide bonds. The van der Waals surface area contributed by atoms with E-state index in [1.807, 2.05) is 19.1 Å². The van der Waals surface area contributed by atoms with Crippen LogP contribution in [0.25, 0.3) is 22.4 Å². The first kappa shape index (κ1) is 23.5. The number of nitrogens with zero attached hydrogens (tertiary/aromatic N) is 3. The first-order chi connectivity index (χ1) is 17.1. The molecule has 176 valence electrons. The highest BCUT2D eigenvalue weighted by atomic mass is 16.5. The van der Waals surface area contributed by atoms with Gasteiger partial charge in [-0.05, 0) is 55.5 Å². The van der Waals surface area contributed by atoms with Crippen LogP contribution in [0.5, 0.6) is 5.75 Å². The molecule has 0 bridgehead atoms. The summed E-state index contributed by atoms with van der Waals surface area (Å²) in [6.07, 6.45) is 1.66. The maximum atomic E-state index is 13.1. The molecule has 0 spiro atoms. The van der Waals surface area contributed by atoms with Crippen LogP contribution in [0.3, 0.4) is 0 Å². The van der Waals surface area contributed by atoms with Gasteiger partial charge in [-0.1, -0.05) is 18.2 Å². The quantitative estimate of drug-likeness (QED) is 0.318.